The minimum absolute atomic E-state index is 0.0638. The predicted molar refractivity (Wildman–Crippen MR) is 63.0 cm³/mol. The van der Waals surface area contributed by atoms with Gasteiger partial charge in [-0.25, -0.2) is 0 Å². The second kappa shape index (κ2) is 3.97. The molecule has 1 atom stereocenters. The quantitative estimate of drug-likeness (QED) is 0.710. The summed E-state index contributed by atoms with van der Waals surface area (Å²) in [6.45, 7) is 7.54. The van der Waals surface area contributed by atoms with Crippen molar-refractivity contribution in [2.24, 2.45) is 0 Å². The molecule has 0 spiro atoms. The molecule has 1 aliphatic heterocycles. The van der Waals surface area contributed by atoms with Crippen molar-refractivity contribution in [1.29, 1.82) is 0 Å². The Morgan fingerprint density at radius 2 is 1.93 bits per heavy atom. The smallest absolute Gasteiger partial charge is 0.0747 e. The van der Waals surface area contributed by atoms with Gasteiger partial charge in [0.25, 0.3) is 0 Å². The Morgan fingerprint density at radius 3 is 2.60 bits per heavy atom. The zero-order valence-corrected chi connectivity index (χ0v) is 9.92. The molecule has 0 radical (unpaired) electrons. The molecule has 15 heavy (non-hydrogen) atoms. The van der Waals surface area contributed by atoms with Crippen LogP contribution in [0.5, 0.6) is 0 Å². The molecule has 0 bridgehead atoms. The molecule has 1 nitrogen and oxygen atoms in total. The third-order valence-electron chi connectivity index (χ3n) is 4.02. The Hall–Kier alpha value is -0.820. The first-order valence-electron chi connectivity index (χ1n) is 5.95. The lowest BCUT2D eigenvalue weighted by Gasteiger charge is -2.42. The summed E-state index contributed by atoms with van der Waals surface area (Å²) in [4.78, 5) is 0. The van der Waals surface area contributed by atoms with Crippen LogP contribution in [0.3, 0.4) is 0 Å². The van der Waals surface area contributed by atoms with Crippen LogP contribution >= 0.6 is 0 Å². The van der Waals surface area contributed by atoms with Crippen molar-refractivity contribution in [3.05, 3.63) is 35.4 Å². The average molecular weight is 204 g/mol. The maximum Gasteiger partial charge on any atom is 0.0747 e. The lowest BCUT2D eigenvalue weighted by Crippen LogP contribution is -2.40. The summed E-state index contributed by atoms with van der Waals surface area (Å²) in [5.74, 6) is 0.512. The summed E-state index contributed by atoms with van der Waals surface area (Å²) < 4.78 is 6.10. The van der Waals surface area contributed by atoms with Crippen LogP contribution in [0.1, 0.15) is 50.7 Å². The number of hydrogen-bond donors (Lipinski definition) is 0. The Balaban J connectivity index is 2.40. The fraction of sp³-hybridized carbons (Fsp3) is 0.571. The maximum absolute atomic E-state index is 6.10. The summed E-state index contributed by atoms with van der Waals surface area (Å²) in [6, 6.07) is 8.67. The summed E-state index contributed by atoms with van der Waals surface area (Å²) in [5, 5.41) is 0. The van der Waals surface area contributed by atoms with Gasteiger partial charge in [0.1, 0.15) is 0 Å². The third kappa shape index (κ3) is 1.59. The summed E-state index contributed by atoms with van der Waals surface area (Å²) in [7, 11) is 0. The number of rotatable bonds is 2. The van der Waals surface area contributed by atoms with E-state index >= 15 is 0 Å². The van der Waals surface area contributed by atoms with Gasteiger partial charge >= 0.3 is 0 Å². The predicted octanol–water partition coefficient (Wildman–Crippen LogP) is 3.88. The second-order valence-corrected chi connectivity index (χ2v) is 4.48. The second-order valence-electron chi connectivity index (χ2n) is 4.48. The van der Waals surface area contributed by atoms with Gasteiger partial charge in [-0.05, 0) is 24.0 Å². The first kappa shape index (κ1) is 10.7. The Bertz CT molecular complexity index is 339. The maximum atomic E-state index is 6.10. The molecular formula is C14H20O. The summed E-state index contributed by atoms with van der Waals surface area (Å²) >= 11 is 0. The van der Waals surface area contributed by atoms with Crippen LogP contribution in [0.15, 0.2) is 24.3 Å². The molecule has 0 N–H and O–H groups in total. The fourth-order valence-corrected chi connectivity index (χ4v) is 2.78. The topological polar surface area (TPSA) is 9.23 Å². The molecule has 0 aromatic heterocycles. The monoisotopic (exact) mass is 204 g/mol. The zero-order chi connectivity index (χ0) is 10.9. The fourth-order valence-electron chi connectivity index (χ4n) is 2.78. The number of hydrogen-bond acceptors (Lipinski definition) is 1. The van der Waals surface area contributed by atoms with Crippen molar-refractivity contribution in [2.45, 2.75) is 51.7 Å². The first-order chi connectivity index (χ1) is 7.23. The average Bonchev–Trinajstić information content (AvgIpc) is 2.31. The van der Waals surface area contributed by atoms with Gasteiger partial charge in [0.15, 0.2) is 0 Å². The van der Waals surface area contributed by atoms with E-state index in [0.29, 0.717) is 5.92 Å². The van der Waals surface area contributed by atoms with Crippen molar-refractivity contribution < 1.29 is 4.74 Å². The molecule has 82 valence electrons. The molecule has 1 heterocycles. The van der Waals surface area contributed by atoms with E-state index < -0.39 is 0 Å². The molecule has 1 unspecified atom stereocenters. The van der Waals surface area contributed by atoms with Crippen molar-refractivity contribution >= 4 is 0 Å². The van der Waals surface area contributed by atoms with Gasteiger partial charge in [0, 0.05) is 5.92 Å². The minimum atomic E-state index is 0.0638. The highest BCUT2D eigenvalue weighted by molar-refractivity contribution is 5.33. The molecule has 1 aromatic carbocycles. The molecule has 0 saturated carbocycles. The molecule has 1 aliphatic rings. The first-order valence-corrected chi connectivity index (χ1v) is 5.95. The van der Waals surface area contributed by atoms with Crippen LogP contribution in [0.25, 0.3) is 0 Å². The van der Waals surface area contributed by atoms with Crippen molar-refractivity contribution in [1.82, 2.24) is 0 Å². The number of fused-ring (bicyclic) bond motifs is 1. The van der Waals surface area contributed by atoms with Crippen LogP contribution < -0.4 is 0 Å². The highest BCUT2D eigenvalue weighted by atomic mass is 16.5. The molecule has 0 amide bonds. The lowest BCUT2D eigenvalue weighted by atomic mass is 9.76. The number of ether oxygens (including phenoxy) is 1. The van der Waals surface area contributed by atoms with E-state index in [4.69, 9.17) is 4.74 Å². The highest BCUT2D eigenvalue weighted by Gasteiger charge is 2.38. The van der Waals surface area contributed by atoms with Gasteiger partial charge in [-0.3, -0.25) is 0 Å². The van der Waals surface area contributed by atoms with Gasteiger partial charge in [-0.2, -0.15) is 0 Å². The Kier molecular flexibility index (Phi) is 2.83. The van der Waals surface area contributed by atoms with E-state index in [1.807, 2.05) is 0 Å². The van der Waals surface area contributed by atoms with Crippen molar-refractivity contribution in [3.8, 4) is 0 Å². The van der Waals surface area contributed by atoms with Gasteiger partial charge < -0.3 is 4.74 Å². The van der Waals surface area contributed by atoms with Gasteiger partial charge in [-0.1, -0.05) is 45.0 Å². The zero-order valence-electron chi connectivity index (χ0n) is 9.92. The third-order valence-corrected chi connectivity index (χ3v) is 4.02. The molecule has 1 heteroatoms. The Labute approximate surface area is 92.5 Å². The number of benzene rings is 1. The van der Waals surface area contributed by atoms with E-state index in [9.17, 15) is 0 Å². The van der Waals surface area contributed by atoms with E-state index in [1.54, 1.807) is 0 Å². The highest BCUT2D eigenvalue weighted by Crippen LogP contribution is 2.42. The molecule has 0 fully saturated rings. The lowest BCUT2D eigenvalue weighted by molar-refractivity contribution is -0.0897. The van der Waals surface area contributed by atoms with Gasteiger partial charge in [0.2, 0.25) is 0 Å². The molecule has 1 aromatic rings. The molecule has 0 saturated heterocycles. The van der Waals surface area contributed by atoms with Crippen LogP contribution in [0, 0.1) is 0 Å². The summed E-state index contributed by atoms with van der Waals surface area (Å²) in [5.41, 5.74) is 2.91. The van der Waals surface area contributed by atoms with E-state index in [1.165, 1.54) is 11.1 Å². The minimum Gasteiger partial charge on any atom is -0.370 e. The van der Waals surface area contributed by atoms with Crippen LogP contribution in [-0.2, 0) is 11.3 Å². The van der Waals surface area contributed by atoms with Crippen molar-refractivity contribution in [3.63, 3.8) is 0 Å². The molecule has 2 rings (SSSR count). The SMILES string of the molecule is CCC1(CC)OCc2ccccc2C1C. The molecule has 0 aliphatic carbocycles. The van der Waals surface area contributed by atoms with Crippen molar-refractivity contribution in [2.75, 3.05) is 0 Å². The Morgan fingerprint density at radius 1 is 1.27 bits per heavy atom. The van der Waals surface area contributed by atoms with E-state index in [2.05, 4.69) is 45.0 Å². The van der Waals surface area contributed by atoms with Crippen LogP contribution in [-0.4, -0.2) is 5.60 Å². The largest absolute Gasteiger partial charge is 0.370 e. The molecular weight excluding hydrogens is 184 g/mol. The van der Waals surface area contributed by atoms with E-state index in [0.717, 1.165) is 19.4 Å². The van der Waals surface area contributed by atoms with Crippen LogP contribution in [0.2, 0.25) is 0 Å². The van der Waals surface area contributed by atoms with Gasteiger partial charge in [-0.15, -0.1) is 0 Å². The normalized spacial score (nSPS) is 23.5. The standard InChI is InChI=1S/C14H20O/c1-4-14(5-2)11(3)13-9-7-6-8-12(13)10-15-14/h6-9,11H,4-5,10H2,1-3H3. The van der Waals surface area contributed by atoms with Gasteiger partial charge in [0.05, 0.1) is 12.2 Å². The van der Waals surface area contributed by atoms with E-state index in [-0.39, 0.29) is 5.60 Å². The van der Waals surface area contributed by atoms with Crippen LogP contribution in [0.4, 0.5) is 0 Å². The summed E-state index contributed by atoms with van der Waals surface area (Å²) in [6.07, 6.45) is 2.19.